The van der Waals surface area contributed by atoms with Gasteiger partial charge in [-0.3, -0.25) is 10.2 Å². The van der Waals surface area contributed by atoms with E-state index in [0.717, 1.165) is 5.69 Å². The predicted molar refractivity (Wildman–Crippen MR) is 64.8 cm³/mol. The van der Waals surface area contributed by atoms with Crippen LogP contribution in [0.5, 0.6) is 0 Å². The van der Waals surface area contributed by atoms with Crippen LogP contribution in [-0.4, -0.2) is 20.6 Å². The Bertz CT molecular complexity index is 316. The smallest absolute Gasteiger partial charge is 0.221 e. The summed E-state index contributed by atoms with van der Waals surface area (Å²) in [5, 5.41) is 3.14. The molecule has 0 saturated carbocycles. The van der Waals surface area contributed by atoms with Crippen molar-refractivity contribution in [3.8, 4) is 0 Å². The van der Waals surface area contributed by atoms with Crippen molar-refractivity contribution in [3.05, 3.63) is 29.3 Å². The molecule has 90 valence electrons. The maximum atomic E-state index is 8.94. The number of hydrogen-bond donors (Lipinski definition) is 3. The molecular formula is C11H19N3O2. The van der Waals surface area contributed by atoms with Gasteiger partial charge in [-0.1, -0.05) is 12.1 Å². The second-order valence-electron chi connectivity index (χ2n) is 3.07. The number of carbonyl (C=O) groups is 1. The molecule has 0 aliphatic carbocycles. The number of aryl methyl sites for hydroxylation is 1. The summed E-state index contributed by atoms with van der Waals surface area (Å²) in [5.41, 5.74) is 5.41. The van der Waals surface area contributed by atoms with Crippen LogP contribution in [0.4, 0.5) is 5.69 Å². The number of amides is 1. The van der Waals surface area contributed by atoms with Crippen molar-refractivity contribution in [2.24, 2.45) is 5.84 Å². The van der Waals surface area contributed by atoms with E-state index in [-0.39, 0.29) is 0 Å². The fourth-order valence-electron chi connectivity index (χ4n) is 1.27. The molecular weight excluding hydrogens is 206 g/mol. The van der Waals surface area contributed by atoms with E-state index in [2.05, 4.69) is 30.2 Å². The van der Waals surface area contributed by atoms with Gasteiger partial charge in [-0.2, -0.15) is 0 Å². The average Bonchev–Trinajstić information content (AvgIpc) is 2.32. The van der Waals surface area contributed by atoms with Crippen LogP contribution in [-0.2, 0) is 16.1 Å². The highest BCUT2D eigenvalue weighted by atomic mass is 16.5. The summed E-state index contributed by atoms with van der Waals surface area (Å²) in [6.45, 7) is 2.76. The molecule has 0 unspecified atom stereocenters. The highest BCUT2D eigenvalue weighted by Gasteiger charge is 2.02. The normalized spacial score (nSPS) is 8.75. The van der Waals surface area contributed by atoms with Gasteiger partial charge in [0.1, 0.15) is 0 Å². The molecule has 0 atom stereocenters. The van der Waals surface area contributed by atoms with E-state index >= 15 is 0 Å². The Kier molecular flexibility index (Phi) is 7.83. The molecule has 0 saturated heterocycles. The van der Waals surface area contributed by atoms with Crippen molar-refractivity contribution in [1.29, 1.82) is 0 Å². The second-order valence-corrected chi connectivity index (χ2v) is 3.07. The van der Waals surface area contributed by atoms with Crippen molar-refractivity contribution >= 4 is 12.1 Å². The third-order valence-electron chi connectivity index (χ3n) is 2.04. The first kappa shape index (κ1) is 14.4. The lowest BCUT2D eigenvalue weighted by molar-refractivity contribution is -0.109. The van der Waals surface area contributed by atoms with Crippen LogP contribution >= 0.6 is 0 Å². The molecule has 0 heterocycles. The van der Waals surface area contributed by atoms with Crippen molar-refractivity contribution in [3.63, 3.8) is 0 Å². The molecule has 0 aliphatic heterocycles. The summed E-state index contributed by atoms with van der Waals surface area (Å²) in [7, 11) is 3.64. The molecule has 5 heteroatoms. The third kappa shape index (κ3) is 4.77. The summed E-state index contributed by atoms with van der Waals surface area (Å²) < 4.78 is 5.11. The molecule has 5 nitrogen and oxygen atoms in total. The quantitative estimate of drug-likeness (QED) is 0.306. The van der Waals surface area contributed by atoms with Gasteiger partial charge in [-0.15, -0.1) is 0 Å². The average molecular weight is 225 g/mol. The Balaban J connectivity index is 0.000000487. The molecule has 1 aromatic rings. The molecule has 1 rings (SSSR count). The molecule has 0 aromatic heterocycles. The summed E-state index contributed by atoms with van der Waals surface area (Å²) >= 11 is 0. The first-order valence-electron chi connectivity index (χ1n) is 4.86. The fourth-order valence-corrected chi connectivity index (χ4v) is 1.27. The zero-order valence-electron chi connectivity index (χ0n) is 9.91. The lowest BCUT2D eigenvalue weighted by Crippen LogP contribution is -2.18. The number of hydrogen-bond acceptors (Lipinski definition) is 4. The number of anilines is 1. The van der Waals surface area contributed by atoms with Crippen LogP contribution in [0.25, 0.3) is 0 Å². The monoisotopic (exact) mass is 225 g/mol. The van der Waals surface area contributed by atoms with Crippen molar-refractivity contribution in [1.82, 2.24) is 5.43 Å². The Morgan fingerprint density at radius 2 is 2.12 bits per heavy atom. The van der Waals surface area contributed by atoms with Gasteiger partial charge in [0.15, 0.2) is 0 Å². The van der Waals surface area contributed by atoms with E-state index in [1.54, 1.807) is 12.5 Å². The van der Waals surface area contributed by atoms with E-state index in [4.69, 9.17) is 9.53 Å². The molecule has 1 amide bonds. The fraction of sp³-hybridized carbons (Fsp3) is 0.364. The Morgan fingerprint density at radius 3 is 2.56 bits per heavy atom. The third-order valence-corrected chi connectivity index (χ3v) is 2.04. The van der Waals surface area contributed by atoms with Crippen LogP contribution in [0.1, 0.15) is 11.1 Å². The van der Waals surface area contributed by atoms with Gasteiger partial charge in [0.2, 0.25) is 6.41 Å². The maximum absolute atomic E-state index is 8.94. The van der Waals surface area contributed by atoms with E-state index in [0.29, 0.717) is 13.0 Å². The van der Waals surface area contributed by atoms with Crippen LogP contribution < -0.4 is 16.6 Å². The van der Waals surface area contributed by atoms with Crippen LogP contribution in [0, 0.1) is 6.92 Å². The summed E-state index contributed by atoms with van der Waals surface area (Å²) in [5.74, 6) is 4.41. The highest BCUT2D eigenvalue weighted by molar-refractivity contribution is 5.53. The topological polar surface area (TPSA) is 76.4 Å². The summed E-state index contributed by atoms with van der Waals surface area (Å²) in [6.07, 6.45) is 0.403. The zero-order chi connectivity index (χ0) is 12.4. The number of benzene rings is 1. The number of methoxy groups -OCH3 is 1. The van der Waals surface area contributed by atoms with Gasteiger partial charge in [0.05, 0.1) is 6.61 Å². The maximum Gasteiger partial charge on any atom is 0.221 e. The van der Waals surface area contributed by atoms with Crippen LogP contribution in [0.2, 0.25) is 0 Å². The molecule has 4 N–H and O–H groups in total. The molecule has 0 aliphatic rings. The van der Waals surface area contributed by atoms with Gasteiger partial charge in [0, 0.05) is 25.4 Å². The largest absolute Gasteiger partial charge is 0.388 e. The van der Waals surface area contributed by atoms with Gasteiger partial charge in [-0.25, -0.2) is 5.84 Å². The number of carbonyl (C=O) groups excluding carboxylic acids is 1. The van der Waals surface area contributed by atoms with Crippen molar-refractivity contribution in [2.75, 3.05) is 19.5 Å². The SMILES string of the molecule is CNc1cccc(C)c1COC.NNC=O. The molecule has 0 radical (unpaired) electrons. The van der Waals surface area contributed by atoms with E-state index in [9.17, 15) is 0 Å². The van der Waals surface area contributed by atoms with E-state index in [1.165, 1.54) is 11.1 Å². The van der Waals surface area contributed by atoms with Gasteiger partial charge >= 0.3 is 0 Å². The summed E-state index contributed by atoms with van der Waals surface area (Å²) in [6, 6.07) is 6.19. The number of hydrazine groups is 1. The standard InChI is InChI=1S/C10H15NO.CH4N2O/c1-8-5-4-6-10(11-2)9(8)7-12-3;2-3-1-4/h4-6,11H,7H2,1-3H3;1H,2H2,(H,3,4). The van der Waals surface area contributed by atoms with Crippen LogP contribution in [0.3, 0.4) is 0 Å². The molecule has 0 bridgehead atoms. The van der Waals surface area contributed by atoms with Crippen LogP contribution in [0.15, 0.2) is 18.2 Å². The Labute approximate surface area is 95.9 Å². The number of ether oxygens (including phenoxy) is 1. The van der Waals surface area contributed by atoms with Gasteiger partial charge in [-0.05, 0) is 18.6 Å². The molecule has 0 spiro atoms. The summed E-state index contributed by atoms with van der Waals surface area (Å²) in [4.78, 5) is 8.94. The molecule has 16 heavy (non-hydrogen) atoms. The first-order valence-corrected chi connectivity index (χ1v) is 4.86. The predicted octanol–water partition coefficient (Wildman–Crippen LogP) is 0.789. The minimum atomic E-state index is 0.403. The van der Waals surface area contributed by atoms with Gasteiger partial charge in [0.25, 0.3) is 0 Å². The molecule has 1 aromatic carbocycles. The first-order chi connectivity index (χ1) is 7.71. The van der Waals surface area contributed by atoms with E-state index in [1.807, 2.05) is 13.1 Å². The van der Waals surface area contributed by atoms with E-state index < -0.39 is 0 Å². The molecule has 0 fully saturated rings. The number of rotatable bonds is 4. The van der Waals surface area contributed by atoms with Crippen molar-refractivity contribution in [2.45, 2.75) is 13.5 Å². The zero-order valence-corrected chi connectivity index (χ0v) is 9.91. The lowest BCUT2D eigenvalue weighted by Gasteiger charge is -2.10. The minimum absolute atomic E-state index is 0.403. The van der Waals surface area contributed by atoms with Gasteiger partial charge < -0.3 is 10.1 Å². The Morgan fingerprint density at radius 1 is 1.50 bits per heavy atom. The number of nitrogens with one attached hydrogen (secondary N) is 2. The van der Waals surface area contributed by atoms with Crippen molar-refractivity contribution < 1.29 is 9.53 Å². The Hall–Kier alpha value is -1.59. The minimum Gasteiger partial charge on any atom is -0.388 e. The number of nitrogens with two attached hydrogens (primary N) is 1. The highest BCUT2D eigenvalue weighted by Crippen LogP contribution is 2.19. The lowest BCUT2D eigenvalue weighted by atomic mass is 10.1. The second kappa shape index (κ2) is 8.70.